The van der Waals surface area contributed by atoms with Crippen LogP contribution in [0.25, 0.3) is 0 Å². The second-order valence-electron chi connectivity index (χ2n) is 5.55. The Kier molecular flexibility index (Phi) is 6.45. The van der Waals surface area contributed by atoms with Crippen LogP contribution < -0.4 is 10.6 Å². The Labute approximate surface area is 115 Å². The maximum Gasteiger partial charge on any atom is 0.224 e. The van der Waals surface area contributed by atoms with Crippen LogP contribution in [0.4, 0.5) is 0 Å². The SMILES string of the molecule is CN[C@@H](C(C=O)[C@@H](C)O)[C@@H](C)C(=O)NC1CCCC1. The third-order valence-corrected chi connectivity index (χ3v) is 4.12. The zero-order valence-corrected chi connectivity index (χ0v) is 12.1. The first-order valence-electron chi connectivity index (χ1n) is 7.12. The molecule has 5 nitrogen and oxygen atoms in total. The predicted molar refractivity (Wildman–Crippen MR) is 73.6 cm³/mol. The number of nitrogens with one attached hydrogen (secondary N) is 2. The van der Waals surface area contributed by atoms with Crippen LogP contribution in [0.2, 0.25) is 0 Å². The molecule has 0 aromatic carbocycles. The van der Waals surface area contributed by atoms with Gasteiger partial charge in [0.1, 0.15) is 6.29 Å². The van der Waals surface area contributed by atoms with Crippen LogP contribution in [0.5, 0.6) is 0 Å². The molecular weight excluding hydrogens is 244 g/mol. The largest absolute Gasteiger partial charge is 0.393 e. The number of amides is 1. The Morgan fingerprint density at radius 1 is 1.32 bits per heavy atom. The number of aliphatic hydroxyl groups excluding tert-OH is 1. The summed E-state index contributed by atoms with van der Waals surface area (Å²) in [6.07, 6.45) is 4.37. The van der Waals surface area contributed by atoms with Gasteiger partial charge in [-0.1, -0.05) is 19.8 Å². The topological polar surface area (TPSA) is 78.4 Å². The normalized spacial score (nSPS) is 22.5. The molecule has 0 spiro atoms. The number of rotatable bonds is 7. The Hall–Kier alpha value is -0.940. The molecule has 110 valence electrons. The lowest BCUT2D eigenvalue weighted by Gasteiger charge is -2.30. The molecule has 0 bridgehead atoms. The maximum atomic E-state index is 12.2. The summed E-state index contributed by atoms with van der Waals surface area (Å²) >= 11 is 0. The van der Waals surface area contributed by atoms with Gasteiger partial charge in [-0.25, -0.2) is 0 Å². The van der Waals surface area contributed by atoms with Gasteiger partial charge in [0.2, 0.25) is 5.91 Å². The highest BCUT2D eigenvalue weighted by Gasteiger charge is 2.33. The van der Waals surface area contributed by atoms with Crippen molar-refractivity contribution in [1.29, 1.82) is 0 Å². The van der Waals surface area contributed by atoms with Crippen molar-refractivity contribution in [2.75, 3.05) is 7.05 Å². The van der Waals surface area contributed by atoms with Crippen molar-refractivity contribution in [3.8, 4) is 0 Å². The van der Waals surface area contributed by atoms with Crippen molar-refractivity contribution in [2.45, 2.75) is 57.7 Å². The highest BCUT2D eigenvalue weighted by atomic mass is 16.3. The number of carbonyl (C=O) groups is 2. The molecule has 0 saturated heterocycles. The minimum absolute atomic E-state index is 0.0428. The fourth-order valence-electron chi connectivity index (χ4n) is 2.84. The van der Waals surface area contributed by atoms with E-state index in [2.05, 4.69) is 10.6 Å². The van der Waals surface area contributed by atoms with Gasteiger partial charge in [0.05, 0.1) is 17.9 Å². The molecule has 0 aliphatic heterocycles. The molecule has 0 heterocycles. The summed E-state index contributed by atoms with van der Waals surface area (Å²) in [7, 11) is 1.71. The Morgan fingerprint density at radius 2 is 1.89 bits per heavy atom. The number of aliphatic hydroxyl groups is 1. The first kappa shape index (κ1) is 16.1. The zero-order chi connectivity index (χ0) is 14.4. The smallest absolute Gasteiger partial charge is 0.224 e. The van der Waals surface area contributed by atoms with Crippen LogP contribution in [-0.4, -0.2) is 42.5 Å². The van der Waals surface area contributed by atoms with Gasteiger partial charge in [0, 0.05) is 12.1 Å². The quantitative estimate of drug-likeness (QED) is 0.587. The first-order chi connectivity index (χ1) is 9.01. The maximum absolute atomic E-state index is 12.2. The summed E-state index contributed by atoms with van der Waals surface area (Å²) in [6, 6.07) is -0.0763. The lowest BCUT2D eigenvalue weighted by atomic mass is 9.86. The van der Waals surface area contributed by atoms with Crippen LogP contribution in [0, 0.1) is 11.8 Å². The Bertz CT molecular complexity index is 301. The molecule has 0 radical (unpaired) electrons. The molecule has 1 fully saturated rings. The van der Waals surface area contributed by atoms with Crippen LogP contribution in [0.15, 0.2) is 0 Å². The van der Waals surface area contributed by atoms with E-state index in [4.69, 9.17) is 0 Å². The molecule has 3 N–H and O–H groups in total. The molecule has 1 aliphatic rings. The molecule has 5 heteroatoms. The number of hydrogen-bond donors (Lipinski definition) is 3. The highest BCUT2D eigenvalue weighted by Crippen LogP contribution is 2.20. The van der Waals surface area contributed by atoms with Crippen LogP contribution in [0.1, 0.15) is 39.5 Å². The monoisotopic (exact) mass is 270 g/mol. The van der Waals surface area contributed by atoms with E-state index in [9.17, 15) is 14.7 Å². The fourth-order valence-corrected chi connectivity index (χ4v) is 2.84. The molecule has 4 atom stereocenters. The van der Waals surface area contributed by atoms with Crippen molar-refractivity contribution in [3.63, 3.8) is 0 Å². The number of aldehydes is 1. The second kappa shape index (κ2) is 7.60. The summed E-state index contributed by atoms with van der Waals surface area (Å²) in [4.78, 5) is 23.3. The third kappa shape index (κ3) is 4.28. The van der Waals surface area contributed by atoms with Gasteiger partial charge in [0.15, 0.2) is 0 Å². The first-order valence-corrected chi connectivity index (χ1v) is 7.12. The average Bonchev–Trinajstić information content (AvgIpc) is 2.87. The van der Waals surface area contributed by atoms with Crippen molar-refractivity contribution >= 4 is 12.2 Å². The van der Waals surface area contributed by atoms with Crippen LogP contribution >= 0.6 is 0 Å². The van der Waals surface area contributed by atoms with Gasteiger partial charge < -0.3 is 20.5 Å². The van der Waals surface area contributed by atoms with Gasteiger partial charge >= 0.3 is 0 Å². The molecule has 1 aliphatic carbocycles. The van der Waals surface area contributed by atoms with E-state index in [1.54, 1.807) is 20.9 Å². The summed E-state index contributed by atoms with van der Waals surface area (Å²) < 4.78 is 0. The molecule has 0 aromatic rings. The fraction of sp³-hybridized carbons (Fsp3) is 0.857. The molecule has 1 amide bonds. The van der Waals surface area contributed by atoms with Crippen molar-refractivity contribution in [2.24, 2.45) is 11.8 Å². The molecular formula is C14H26N2O3. The molecule has 1 saturated carbocycles. The van der Waals surface area contributed by atoms with Crippen molar-refractivity contribution in [1.82, 2.24) is 10.6 Å². The van der Waals surface area contributed by atoms with Gasteiger partial charge in [-0.15, -0.1) is 0 Å². The minimum Gasteiger partial charge on any atom is -0.393 e. The number of carbonyl (C=O) groups excluding carboxylic acids is 2. The van der Waals surface area contributed by atoms with Crippen molar-refractivity contribution in [3.05, 3.63) is 0 Å². The minimum atomic E-state index is -0.767. The lowest BCUT2D eigenvalue weighted by molar-refractivity contribution is -0.127. The van der Waals surface area contributed by atoms with Crippen LogP contribution in [-0.2, 0) is 9.59 Å². The lowest BCUT2D eigenvalue weighted by Crippen LogP contribution is -2.50. The van der Waals surface area contributed by atoms with E-state index in [-0.39, 0.29) is 23.9 Å². The average molecular weight is 270 g/mol. The van der Waals surface area contributed by atoms with E-state index in [0.29, 0.717) is 0 Å². The molecule has 1 unspecified atom stereocenters. The highest BCUT2D eigenvalue weighted by molar-refractivity contribution is 5.80. The van der Waals surface area contributed by atoms with Gasteiger partial charge in [-0.3, -0.25) is 4.79 Å². The molecule has 0 aromatic heterocycles. The van der Waals surface area contributed by atoms with Crippen LogP contribution in [0.3, 0.4) is 0 Å². The second-order valence-corrected chi connectivity index (χ2v) is 5.55. The molecule has 1 rings (SSSR count). The molecule has 19 heavy (non-hydrogen) atoms. The predicted octanol–water partition coefficient (Wildman–Crippen LogP) is 0.465. The summed E-state index contributed by atoms with van der Waals surface area (Å²) in [5, 5.41) is 15.6. The zero-order valence-electron chi connectivity index (χ0n) is 12.1. The Balaban J connectivity index is 2.62. The summed E-state index contributed by atoms with van der Waals surface area (Å²) in [5.41, 5.74) is 0. The van der Waals surface area contributed by atoms with Gasteiger partial charge in [0.25, 0.3) is 0 Å². The number of hydrogen-bond acceptors (Lipinski definition) is 4. The summed E-state index contributed by atoms with van der Waals surface area (Å²) in [5.74, 6) is -0.969. The van der Waals surface area contributed by atoms with Gasteiger partial charge in [-0.2, -0.15) is 0 Å². The third-order valence-electron chi connectivity index (χ3n) is 4.12. The van der Waals surface area contributed by atoms with E-state index >= 15 is 0 Å². The van der Waals surface area contributed by atoms with E-state index in [0.717, 1.165) is 19.1 Å². The summed E-state index contributed by atoms with van der Waals surface area (Å²) in [6.45, 7) is 3.37. The standard InChI is InChI=1S/C14H26N2O3/c1-9(13(15-3)12(8-17)10(2)18)14(19)16-11-6-4-5-7-11/h8-13,15,18H,4-7H2,1-3H3,(H,16,19)/t9-,10-,12?,13-/m1/s1. The van der Waals surface area contributed by atoms with Gasteiger partial charge in [-0.05, 0) is 26.8 Å². The van der Waals surface area contributed by atoms with Crippen molar-refractivity contribution < 1.29 is 14.7 Å². The van der Waals surface area contributed by atoms with E-state index in [1.165, 1.54) is 12.8 Å². The van der Waals surface area contributed by atoms with E-state index in [1.807, 2.05) is 0 Å². The Morgan fingerprint density at radius 3 is 2.32 bits per heavy atom. The van der Waals surface area contributed by atoms with E-state index < -0.39 is 12.0 Å².